The molecule has 0 spiro atoms. The van der Waals surface area contributed by atoms with E-state index in [0.717, 1.165) is 24.4 Å². The zero-order valence-corrected chi connectivity index (χ0v) is 12.3. The Morgan fingerprint density at radius 3 is 2.68 bits per heavy atom. The van der Waals surface area contributed by atoms with Crippen LogP contribution in [0, 0.1) is 11.7 Å². The van der Waals surface area contributed by atoms with Gasteiger partial charge < -0.3 is 5.32 Å². The lowest BCUT2D eigenvalue weighted by Crippen LogP contribution is -2.39. The monoisotopic (exact) mass is 283 g/mol. The molecule has 1 aromatic carbocycles. The first-order valence-electron chi connectivity index (χ1n) is 7.38. The number of benzene rings is 1. The summed E-state index contributed by atoms with van der Waals surface area (Å²) in [6, 6.07) is 5.65. The van der Waals surface area contributed by atoms with E-state index in [-0.39, 0.29) is 10.8 Å². The van der Waals surface area contributed by atoms with E-state index >= 15 is 0 Å². The maximum atomic E-state index is 13.5. The van der Waals surface area contributed by atoms with Gasteiger partial charge in [-0.05, 0) is 49.4 Å². The van der Waals surface area contributed by atoms with Gasteiger partial charge in [-0.3, -0.25) is 0 Å². The van der Waals surface area contributed by atoms with E-state index in [4.69, 9.17) is 11.6 Å². The topological polar surface area (TPSA) is 12.0 Å². The van der Waals surface area contributed by atoms with E-state index in [1.165, 1.54) is 32.1 Å². The van der Waals surface area contributed by atoms with Gasteiger partial charge in [0, 0.05) is 6.04 Å². The number of hydrogen-bond donors (Lipinski definition) is 1. The minimum atomic E-state index is -0.307. The van der Waals surface area contributed by atoms with Crippen molar-refractivity contribution in [1.82, 2.24) is 5.32 Å². The van der Waals surface area contributed by atoms with Crippen LogP contribution in [0.4, 0.5) is 4.39 Å². The second-order valence-corrected chi connectivity index (χ2v) is 5.92. The molecule has 2 rings (SSSR count). The average molecular weight is 284 g/mol. The highest BCUT2D eigenvalue weighted by Crippen LogP contribution is 2.28. The molecule has 1 aliphatic rings. The third-order valence-corrected chi connectivity index (χ3v) is 4.43. The van der Waals surface area contributed by atoms with E-state index in [9.17, 15) is 4.39 Å². The molecule has 0 bridgehead atoms. The van der Waals surface area contributed by atoms with Crippen molar-refractivity contribution < 1.29 is 4.39 Å². The summed E-state index contributed by atoms with van der Waals surface area (Å²) in [5.41, 5.74) is 1.04. The molecule has 0 radical (unpaired) electrons. The molecule has 1 N–H and O–H groups in total. The third-order valence-electron chi connectivity index (χ3n) is 4.12. The van der Waals surface area contributed by atoms with Crippen molar-refractivity contribution in [3.8, 4) is 0 Å². The normalized spacial score (nSPS) is 18.5. The van der Waals surface area contributed by atoms with Gasteiger partial charge in [-0.25, -0.2) is 4.39 Å². The molecule has 19 heavy (non-hydrogen) atoms. The molecule has 1 atom stereocenters. The molecule has 1 nitrogen and oxygen atoms in total. The van der Waals surface area contributed by atoms with Gasteiger partial charge in [-0.2, -0.15) is 0 Å². The zero-order chi connectivity index (χ0) is 13.7. The van der Waals surface area contributed by atoms with Crippen molar-refractivity contribution in [3.63, 3.8) is 0 Å². The van der Waals surface area contributed by atoms with Gasteiger partial charge in [0.05, 0.1) is 5.02 Å². The first-order chi connectivity index (χ1) is 9.20. The Morgan fingerprint density at radius 1 is 1.32 bits per heavy atom. The summed E-state index contributed by atoms with van der Waals surface area (Å²) in [5, 5.41) is 3.79. The van der Waals surface area contributed by atoms with Crippen molar-refractivity contribution >= 4 is 11.6 Å². The third kappa shape index (κ3) is 4.19. The highest BCUT2D eigenvalue weighted by atomic mass is 35.5. The van der Waals surface area contributed by atoms with Crippen LogP contribution in [0.2, 0.25) is 5.02 Å². The number of rotatable bonds is 5. The zero-order valence-electron chi connectivity index (χ0n) is 11.6. The van der Waals surface area contributed by atoms with E-state index in [0.29, 0.717) is 6.04 Å². The number of halogens is 2. The lowest BCUT2D eigenvalue weighted by molar-refractivity contribution is 0.269. The summed E-state index contributed by atoms with van der Waals surface area (Å²) in [6.45, 7) is 3.11. The number of nitrogens with one attached hydrogen (secondary N) is 1. The second-order valence-electron chi connectivity index (χ2n) is 5.51. The smallest absolute Gasteiger partial charge is 0.142 e. The molecule has 1 unspecified atom stereocenters. The maximum Gasteiger partial charge on any atom is 0.142 e. The Bertz CT molecular complexity index is 402. The van der Waals surface area contributed by atoms with Gasteiger partial charge >= 0.3 is 0 Å². The molecular formula is C16H23ClFN. The first kappa shape index (κ1) is 14.8. The standard InChI is InChI=1S/C16H23ClFN/c1-2-19-16(13-6-4-3-5-7-13)11-12-8-9-14(17)15(18)10-12/h8-10,13,16,19H,2-7,11H2,1H3. The fraction of sp³-hybridized carbons (Fsp3) is 0.625. The van der Waals surface area contributed by atoms with Crippen LogP contribution in [0.1, 0.15) is 44.6 Å². The lowest BCUT2D eigenvalue weighted by Gasteiger charge is -2.31. The van der Waals surface area contributed by atoms with E-state index in [1.54, 1.807) is 12.1 Å². The van der Waals surface area contributed by atoms with Gasteiger partial charge in [0.25, 0.3) is 0 Å². The van der Waals surface area contributed by atoms with Gasteiger partial charge in [0.2, 0.25) is 0 Å². The Labute approximate surface area is 120 Å². The molecule has 0 heterocycles. The minimum Gasteiger partial charge on any atom is -0.314 e. The largest absolute Gasteiger partial charge is 0.314 e. The van der Waals surface area contributed by atoms with Crippen molar-refractivity contribution in [2.24, 2.45) is 5.92 Å². The van der Waals surface area contributed by atoms with Crippen LogP contribution in [-0.4, -0.2) is 12.6 Å². The average Bonchev–Trinajstić information content (AvgIpc) is 2.43. The lowest BCUT2D eigenvalue weighted by atomic mass is 9.81. The summed E-state index contributed by atoms with van der Waals surface area (Å²) in [7, 11) is 0. The van der Waals surface area contributed by atoms with Gasteiger partial charge in [0.1, 0.15) is 5.82 Å². The van der Waals surface area contributed by atoms with Crippen LogP contribution in [0.5, 0.6) is 0 Å². The molecule has 1 saturated carbocycles. The second kappa shape index (κ2) is 7.25. The van der Waals surface area contributed by atoms with Crippen LogP contribution < -0.4 is 5.32 Å². The Kier molecular flexibility index (Phi) is 5.65. The molecule has 1 aliphatic carbocycles. The molecular weight excluding hydrogens is 261 g/mol. The predicted molar refractivity (Wildman–Crippen MR) is 79.2 cm³/mol. The molecule has 0 amide bonds. The molecule has 106 valence electrons. The van der Waals surface area contributed by atoms with Crippen LogP contribution in [0.3, 0.4) is 0 Å². The van der Waals surface area contributed by atoms with Crippen LogP contribution in [0.25, 0.3) is 0 Å². The SMILES string of the molecule is CCNC(Cc1ccc(Cl)c(F)c1)C1CCCCC1. The van der Waals surface area contributed by atoms with E-state index in [1.807, 2.05) is 6.07 Å². The Morgan fingerprint density at radius 2 is 2.05 bits per heavy atom. The van der Waals surface area contributed by atoms with Crippen LogP contribution in [0.15, 0.2) is 18.2 Å². The van der Waals surface area contributed by atoms with Crippen molar-refractivity contribution in [1.29, 1.82) is 0 Å². The molecule has 0 aliphatic heterocycles. The molecule has 3 heteroatoms. The Hall–Kier alpha value is -0.600. The number of hydrogen-bond acceptors (Lipinski definition) is 1. The van der Waals surface area contributed by atoms with E-state index in [2.05, 4.69) is 12.2 Å². The highest BCUT2D eigenvalue weighted by molar-refractivity contribution is 6.30. The molecule has 1 fully saturated rings. The summed E-state index contributed by atoms with van der Waals surface area (Å²) >= 11 is 5.74. The van der Waals surface area contributed by atoms with E-state index < -0.39 is 0 Å². The van der Waals surface area contributed by atoms with Gasteiger partial charge in [0.15, 0.2) is 0 Å². The summed E-state index contributed by atoms with van der Waals surface area (Å²) in [5.74, 6) is 0.422. The van der Waals surface area contributed by atoms with Gasteiger partial charge in [-0.15, -0.1) is 0 Å². The van der Waals surface area contributed by atoms with Crippen LogP contribution >= 0.6 is 11.6 Å². The quantitative estimate of drug-likeness (QED) is 0.834. The summed E-state index contributed by atoms with van der Waals surface area (Å²) in [4.78, 5) is 0. The van der Waals surface area contributed by atoms with Crippen molar-refractivity contribution in [2.45, 2.75) is 51.5 Å². The summed E-state index contributed by atoms with van der Waals surface area (Å²) < 4.78 is 13.5. The molecule has 1 aromatic rings. The molecule has 0 aromatic heterocycles. The fourth-order valence-electron chi connectivity index (χ4n) is 3.12. The van der Waals surface area contributed by atoms with Crippen molar-refractivity contribution in [2.75, 3.05) is 6.54 Å². The summed E-state index contributed by atoms with van der Waals surface area (Å²) in [6.07, 6.45) is 7.53. The first-order valence-corrected chi connectivity index (χ1v) is 7.75. The van der Waals surface area contributed by atoms with Gasteiger partial charge in [-0.1, -0.05) is 43.9 Å². The van der Waals surface area contributed by atoms with Crippen molar-refractivity contribution in [3.05, 3.63) is 34.6 Å². The predicted octanol–water partition coefficient (Wildman–Crippen LogP) is 4.58. The minimum absolute atomic E-state index is 0.210. The molecule has 0 saturated heterocycles. The number of likely N-dealkylation sites (N-methyl/N-ethyl adjacent to an activating group) is 1. The maximum absolute atomic E-state index is 13.5. The Balaban J connectivity index is 2.04. The van der Waals surface area contributed by atoms with Crippen LogP contribution in [-0.2, 0) is 6.42 Å². The fourth-order valence-corrected chi connectivity index (χ4v) is 3.24. The highest BCUT2D eigenvalue weighted by Gasteiger charge is 2.23.